The molecule has 2 aromatic carbocycles. The molecule has 2 aromatic rings. The van der Waals surface area contributed by atoms with Crippen molar-refractivity contribution in [1.82, 2.24) is 4.90 Å². The van der Waals surface area contributed by atoms with Crippen molar-refractivity contribution in [2.24, 2.45) is 0 Å². The lowest BCUT2D eigenvalue weighted by atomic mass is 10.1. The van der Waals surface area contributed by atoms with E-state index >= 15 is 0 Å². The highest BCUT2D eigenvalue weighted by Crippen LogP contribution is 2.28. The van der Waals surface area contributed by atoms with Gasteiger partial charge in [0.15, 0.2) is 0 Å². The molecule has 1 saturated carbocycles. The van der Waals surface area contributed by atoms with E-state index in [0.717, 1.165) is 12.8 Å². The predicted molar refractivity (Wildman–Crippen MR) is 106 cm³/mol. The summed E-state index contributed by atoms with van der Waals surface area (Å²) in [5.41, 5.74) is 1.38. The summed E-state index contributed by atoms with van der Waals surface area (Å²) in [4.78, 5) is 38.1. The van der Waals surface area contributed by atoms with Gasteiger partial charge in [0.1, 0.15) is 6.04 Å². The van der Waals surface area contributed by atoms with E-state index in [1.165, 1.54) is 0 Å². The van der Waals surface area contributed by atoms with E-state index in [4.69, 9.17) is 0 Å². The van der Waals surface area contributed by atoms with Crippen molar-refractivity contribution in [3.8, 4) is 0 Å². The Hall–Kier alpha value is -3.19. The molecule has 7 heteroatoms. The smallest absolute Gasteiger partial charge is 0.320 e. The minimum Gasteiger partial charge on any atom is -0.480 e. The molecule has 0 radical (unpaired) electrons. The van der Waals surface area contributed by atoms with Crippen LogP contribution < -0.4 is 10.6 Å². The summed E-state index contributed by atoms with van der Waals surface area (Å²) in [6.07, 6.45) is 1.78. The van der Waals surface area contributed by atoms with Crippen molar-refractivity contribution in [2.45, 2.75) is 31.8 Å². The van der Waals surface area contributed by atoms with Gasteiger partial charge in [-0.2, -0.15) is 0 Å². The van der Waals surface area contributed by atoms with Crippen LogP contribution in [0.15, 0.2) is 54.6 Å². The standard InChI is InChI=1S/C21H23N3O4/c1-14(21(27)28)24(16-11-12-16)13-19(25)23-18-10-6-5-9-17(18)20(26)22-15-7-3-2-4-8-15/h2-10,14,16H,11-13H2,1H3,(H,22,26)(H,23,25)(H,27,28). The van der Waals surface area contributed by atoms with Crippen molar-refractivity contribution < 1.29 is 19.5 Å². The number of anilines is 2. The van der Waals surface area contributed by atoms with Gasteiger partial charge in [0, 0.05) is 11.7 Å². The lowest BCUT2D eigenvalue weighted by molar-refractivity contribution is -0.143. The summed E-state index contributed by atoms with van der Waals surface area (Å²) in [6.45, 7) is 1.54. The number of aliphatic carboxylic acids is 1. The predicted octanol–water partition coefficient (Wildman–Crippen LogP) is 2.81. The monoisotopic (exact) mass is 381 g/mol. The van der Waals surface area contributed by atoms with Crippen molar-refractivity contribution in [3.05, 3.63) is 60.2 Å². The van der Waals surface area contributed by atoms with Crippen LogP contribution in [0.4, 0.5) is 11.4 Å². The molecule has 1 unspecified atom stereocenters. The van der Waals surface area contributed by atoms with Gasteiger partial charge in [0.25, 0.3) is 5.91 Å². The van der Waals surface area contributed by atoms with Gasteiger partial charge in [-0.25, -0.2) is 0 Å². The molecular formula is C21H23N3O4. The van der Waals surface area contributed by atoms with Crippen molar-refractivity contribution in [3.63, 3.8) is 0 Å². The molecule has 1 aliphatic rings. The molecule has 28 heavy (non-hydrogen) atoms. The Bertz CT molecular complexity index is 865. The zero-order valence-corrected chi connectivity index (χ0v) is 15.6. The number of nitrogens with zero attached hydrogens (tertiary/aromatic N) is 1. The Morgan fingerprint density at radius 3 is 2.32 bits per heavy atom. The number of carboxylic acids is 1. The van der Waals surface area contributed by atoms with Crippen LogP contribution in [0.3, 0.4) is 0 Å². The Balaban J connectivity index is 1.69. The summed E-state index contributed by atoms with van der Waals surface area (Å²) >= 11 is 0. The van der Waals surface area contributed by atoms with Crippen LogP contribution in [0.1, 0.15) is 30.1 Å². The highest BCUT2D eigenvalue weighted by atomic mass is 16.4. The maximum absolute atomic E-state index is 12.6. The topological polar surface area (TPSA) is 98.7 Å². The van der Waals surface area contributed by atoms with Gasteiger partial charge in [-0.05, 0) is 44.0 Å². The molecule has 0 heterocycles. The van der Waals surface area contributed by atoms with E-state index in [0.29, 0.717) is 16.9 Å². The summed E-state index contributed by atoms with van der Waals surface area (Å²) in [6, 6.07) is 15.2. The molecule has 1 fully saturated rings. The first kappa shape index (κ1) is 19.6. The van der Waals surface area contributed by atoms with Gasteiger partial charge >= 0.3 is 5.97 Å². The molecule has 2 amide bonds. The van der Waals surface area contributed by atoms with E-state index in [9.17, 15) is 19.5 Å². The highest BCUT2D eigenvalue weighted by Gasteiger charge is 2.36. The molecule has 146 valence electrons. The quantitative estimate of drug-likeness (QED) is 0.653. The molecule has 0 aromatic heterocycles. The highest BCUT2D eigenvalue weighted by molar-refractivity contribution is 6.10. The zero-order valence-electron chi connectivity index (χ0n) is 15.6. The first-order chi connectivity index (χ1) is 13.5. The number of nitrogens with one attached hydrogen (secondary N) is 2. The zero-order chi connectivity index (χ0) is 20.1. The van der Waals surface area contributed by atoms with Crippen LogP contribution in [-0.2, 0) is 9.59 Å². The number of para-hydroxylation sites is 2. The fourth-order valence-electron chi connectivity index (χ4n) is 3.00. The fourth-order valence-corrected chi connectivity index (χ4v) is 3.00. The van der Waals surface area contributed by atoms with Crippen molar-refractivity contribution in [2.75, 3.05) is 17.2 Å². The molecule has 0 saturated heterocycles. The third-order valence-corrected chi connectivity index (χ3v) is 4.67. The maximum atomic E-state index is 12.6. The first-order valence-electron chi connectivity index (χ1n) is 9.19. The van der Waals surface area contributed by atoms with E-state index in [1.807, 2.05) is 18.2 Å². The van der Waals surface area contributed by atoms with Crippen LogP contribution in [0.25, 0.3) is 0 Å². The molecular weight excluding hydrogens is 358 g/mol. The van der Waals surface area contributed by atoms with Crippen LogP contribution >= 0.6 is 0 Å². The fraction of sp³-hybridized carbons (Fsp3) is 0.286. The summed E-state index contributed by atoms with van der Waals surface area (Å²) < 4.78 is 0. The van der Waals surface area contributed by atoms with E-state index in [1.54, 1.807) is 48.2 Å². The average Bonchev–Trinajstić information content (AvgIpc) is 3.51. The Kier molecular flexibility index (Phi) is 6.06. The number of rotatable bonds is 8. The number of hydrogen-bond donors (Lipinski definition) is 3. The third-order valence-electron chi connectivity index (χ3n) is 4.67. The Morgan fingerprint density at radius 1 is 1.04 bits per heavy atom. The second-order valence-electron chi connectivity index (χ2n) is 6.83. The van der Waals surface area contributed by atoms with E-state index in [2.05, 4.69) is 10.6 Å². The normalized spacial score (nSPS) is 14.4. The maximum Gasteiger partial charge on any atom is 0.320 e. The van der Waals surface area contributed by atoms with Crippen molar-refractivity contribution in [1.29, 1.82) is 0 Å². The summed E-state index contributed by atoms with van der Waals surface area (Å²) in [5.74, 6) is -1.64. The molecule has 0 aliphatic heterocycles. The summed E-state index contributed by atoms with van der Waals surface area (Å²) in [5, 5.41) is 14.8. The summed E-state index contributed by atoms with van der Waals surface area (Å²) in [7, 11) is 0. The lowest BCUT2D eigenvalue weighted by Gasteiger charge is -2.25. The molecule has 0 bridgehead atoms. The minimum absolute atomic E-state index is 0.0349. The first-order valence-corrected chi connectivity index (χ1v) is 9.19. The molecule has 3 rings (SSSR count). The number of carboxylic acid groups (broad SMARTS) is 1. The lowest BCUT2D eigenvalue weighted by Crippen LogP contribution is -2.44. The van der Waals surface area contributed by atoms with Crippen LogP contribution in [0, 0.1) is 0 Å². The van der Waals surface area contributed by atoms with Crippen LogP contribution in [0.2, 0.25) is 0 Å². The van der Waals surface area contributed by atoms with Crippen LogP contribution in [0.5, 0.6) is 0 Å². The van der Waals surface area contributed by atoms with E-state index < -0.39 is 12.0 Å². The number of amides is 2. The Labute approximate surface area is 163 Å². The number of hydrogen-bond acceptors (Lipinski definition) is 4. The largest absolute Gasteiger partial charge is 0.480 e. The van der Waals surface area contributed by atoms with Gasteiger partial charge in [0.2, 0.25) is 5.91 Å². The minimum atomic E-state index is -0.956. The molecule has 1 atom stereocenters. The van der Waals surface area contributed by atoms with Crippen molar-refractivity contribution >= 4 is 29.2 Å². The van der Waals surface area contributed by atoms with Gasteiger partial charge in [-0.3, -0.25) is 19.3 Å². The molecule has 7 nitrogen and oxygen atoms in total. The SMILES string of the molecule is CC(C(=O)O)N(CC(=O)Nc1ccccc1C(=O)Nc1ccccc1)C1CC1. The van der Waals surface area contributed by atoms with Crippen LogP contribution in [-0.4, -0.2) is 46.4 Å². The average molecular weight is 381 g/mol. The third kappa shape index (κ3) is 4.95. The molecule has 3 N–H and O–H groups in total. The van der Waals surface area contributed by atoms with Gasteiger partial charge in [0.05, 0.1) is 17.8 Å². The number of carbonyl (C=O) groups excluding carboxylic acids is 2. The number of benzene rings is 2. The number of carbonyl (C=O) groups is 3. The second kappa shape index (κ2) is 8.67. The van der Waals surface area contributed by atoms with Gasteiger partial charge < -0.3 is 15.7 Å². The van der Waals surface area contributed by atoms with E-state index in [-0.39, 0.29) is 24.4 Å². The van der Waals surface area contributed by atoms with Gasteiger partial charge in [-0.1, -0.05) is 30.3 Å². The molecule has 1 aliphatic carbocycles. The molecule has 0 spiro atoms. The van der Waals surface area contributed by atoms with Gasteiger partial charge in [-0.15, -0.1) is 0 Å². The second-order valence-corrected chi connectivity index (χ2v) is 6.83. The Morgan fingerprint density at radius 2 is 1.68 bits per heavy atom.